The molecule has 6 heteroatoms. The molecule has 1 aromatic carbocycles. The Labute approximate surface area is 93.9 Å². The molecular formula is C9H4Cl2F2N2. The monoisotopic (exact) mass is 248 g/mol. The van der Waals surface area contributed by atoms with Gasteiger partial charge in [-0.15, -0.1) is 0 Å². The van der Waals surface area contributed by atoms with Crippen LogP contribution in [0, 0.1) is 0 Å². The maximum absolute atomic E-state index is 12.4. The van der Waals surface area contributed by atoms with Crippen molar-refractivity contribution in [3.8, 4) is 0 Å². The molecule has 2 nitrogen and oxygen atoms in total. The first-order valence-corrected chi connectivity index (χ1v) is 4.74. The van der Waals surface area contributed by atoms with E-state index >= 15 is 0 Å². The van der Waals surface area contributed by atoms with Crippen LogP contribution in [-0.2, 0) is 0 Å². The highest BCUT2D eigenvalue weighted by Crippen LogP contribution is 2.27. The van der Waals surface area contributed by atoms with Gasteiger partial charge in [0, 0.05) is 10.9 Å². The van der Waals surface area contributed by atoms with Gasteiger partial charge in [0.25, 0.3) is 6.43 Å². The second kappa shape index (κ2) is 3.87. The van der Waals surface area contributed by atoms with E-state index < -0.39 is 6.43 Å². The standard InChI is InChI=1S/C9H4Cl2F2N2/c10-7-5-3-4(8(12)13)1-2-6(5)14-9(11)15-7/h1-3,8H. The predicted molar refractivity (Wildman–Crippen MR) is 54.5 cm³/mol. The van der Waals surface area contributed by atoms with E-state index in [0.717, 1.165) is 0 Å². The van der Waals surface area contributed by atoms with Crippen molar-refractivity contribution in [1.29, 1.82) is 0 Å². The van der Waals surface area contributed by atoms with Gasteiger partial charge in [-0.25, -0.2) is 18.7 Å². The number of hydrogen-bond acceptors (Lipinski definition) is 2. The summed E-state index contributed by atoms with van der Waals surface area (Å²) in [6, 6.07) is 3.99. The van der Waals surface area contributed by atoms with Crippen LogP contribution in [0.25, 0.3) is 10.9 Å². The molecule has 1 aromatic heterocycles. The third kappa shape index (κ3) is 2.01. The molecule has 78 valence electrons. The molecule has 0 aliphatic rings. The number of rotatable bonds is 1. The van der Waals surface area contributed by atoms with E-state index in [1.807, 2.05) is 0 Å². The lowest BCUT2D eigenvalue weighted by Crippen LogP contribution is -1.89. The lowest BCUT2D eigenvalue weighted by molar-refractivity contribution is 0.151. The highest BCUT2D eigenvalue weighted by atomic mass is 35.5. The van der Waals surface area contributed by atoms with Crippen LogP contribution in [0.5, 0.6) is 0 Å². The van der Waals surface area contributed by atoms with Gasteiger partial charge in [0.05, 0.1) is 5.52 Å². The SMILES string of the molecule is FC(F)c1ccc2nc(Cl)nc(Cl)c2c1. The first kappa shape index (κ1) is 10.5. The molecule has 0 unspecified atom stereocenters. The number of hydrogen-bond donors (Lipinski definition) is 0. The lowest BCUT2D eigenvalue weighted by atomic mass is 10.1. The minimum absolute atomic E-state index is 0.00250. The summed E-state index contributed by atoms with van der Waals surface area (Å²) >= 11 is 11.3. The molecule has 0 saturated heterocycles. The maximum atomic E-state index is 12.4. The minimum atomic E-state index is -2.54. The lowest BCUT2D eigenvalue weighted by Gasteiger charge is -2.03. The van der Waals surface area contributed by atoms with E-state index in [1.54, 1.807) is 0 Å². The van der Waals surface area contributed by atoms with Gasteiger partial charge in [0.2, 0.25) is 5.28 Å². The Bertz CT molecular complexity index is 517. The fraction of sp³-hybridized carbons (Fsp3) is 0.111. The largest absolute Gasteiger partial charge is 0.263 e. The summed E-state index contributed by atoms with van der Waals surface area (Å²) in [6.07, 6.45) is -2.54. The number of halogens is 4. The number of aromatic nitrogens is 2. The average Bonchev–Trinajstić information content (AvgIpc) is 2.16. The predicted octanol–water partition coefficient (Wildman–Crippen LogP) is 3.87. The van der Waals surface area contributed by atoms with Crippen LogP contribution in [0.1, 0.15) is 12.0 Å². The Balaban J connectivity index is 2.71. The first-order chi connectivity index (χ1) is 7.08. The normalized spacial score (nSPS) is 11.3. The highest BCUT2D eigenvalue weighted by molar-refractivity contribution is 6.35. The van der Waals surface area contributed by atoms with Gasteiger partial charge in [-0.05, 0) is 23.7 Å². The van der Waals surface area contributed by atoms with Crippen LogP contribution < -0.4 is 0 Å². The van der Waals surface area contributed by atoms with Crippen LogP contribution >= 0.6 is 23.2 Å². The summed E-state index contributed by atoms with van der Waals surface area (Å²) in [7, 11) is 0. The topological polar surface area (TPSA) is 25.8 Å². The Hall–Kier alpha value is -1.00. The fourth-order valence-electron chi connectivity index (χ4n) is 1.22. The maximum Gasteiger partial charge on any atom is 0.263 e. The molecule has 0 radical (unpaired) electrons. The summed E-state index contributed by atoms with van der Waals surface area (Å²) in [5.74, 6) is 0. The molecule has 0 aliphatic heterocycles. The minimum Gasteiger partial charge on any atom is -0.218 e. The van der Waals surface area contributed by atoms with Crippen molar-refractivity contribution in [3.05, 3.63) is 34.2 Å². The van der Waals surface area contributed by atoms with Crippen molar-refractivity contribution in [2.24, 2.45) is 0 Å². The second-order valence-corrected chi connectivity index (χ2v) is 3.56. The number of fused-ring (bicyclic) bond motifs is 1. The first-order valence-electron chi connectivity index (χ1n) is 3.99. The Kier molecular flexibility index (Phi) is 2.71. The van der Waals surface area contributed by atoms with Crippen molar-refractivity contribution < 1.29 is 8.78 Å². The summed E-state index contributed by atoms with van der Waals surface area (Å²) in [4.78, 5) is 7.54. The Morgan fingerprint density at radius 3 is 2.53 bits per heavy atom. The summed E-state index contributed by atoms with van der Waals surface area (Å²) in [5.41, 5.74) is 0.333. The van der Waals surface area contributed by atoms with E-state index in [9.17, 15) is 8.78 Å². The van der Waals surface area contributed by atoms with E-state index in [2.05, 4.69) is 9.97 Å². The summed E-state index contributed by atoms with van der Waals surface area (Å²) < 4.78 is 24.8. The molecule has 0 bridgehead atoms. The van der Waals surface area contributed by atoms with Crippen molar-refractivity contribution >= 4 is 34.1 Å². The van der Waals surface area contributed by atoms with Gasteiger partial charge < -0.3 is 0 Å². The van der Waals surface area contributed by atoms with Crippen LogP contribution in [-0.4, -0.2) is 9.97 Å². The van der Waals surface area contributed by atoms with E-state index in [4.69, 9.17) is 23.2 Å². The van der Waals surface area contributed by atoms with Crippen LogP contribution in [0.3, 0.4) is 0 Å². The Morgan fingerprint density at radius 1 is 1.13 bits per heavy atom. The number of benzene rings is 1. The molecule has 0 amide bonds. The molecule has 2 rings (SSSR count). The quantitative estimate of drug-likeness (QED) is 0.566. The highest BCUT2D eigenvalue weighted by Gasteiger charge is 2.10. The molecule has 2 aromatic rings. The fourth-order valence-corrected chi connectivity index (χ4v) is 1.67. The van der Waals surface area contributed by atoms with Gasteiger partial charge in [-0.3, -0.25) is 0 Å². The molecule has 15 heavy (non-hydrogen) atoms. The summed E-state index contributed by atoms with van der Waals surface area (Å²) in [6.45, 7) is 0. The molecule has 0 N–H and O–H groups in total. The average molecular weight is 249 g/mol. The van der Waals surface area contributed by atoms with Gasteiger partial charge in [0.1, 0.15) is 5.15 Å². The van der Waals surface area contributed by atoms with Crippen LogP contribution in [0.4, 0.5) is 8.78 Å². The number of alkyl halides is 2. The van der Waals surface area contributed by atoms with Crippen molar-refractivity contribution in [1.82, 2.24) is 9.97 Å². The van der Waals surface area contributed by atoms with Crippen LogP contribution in [0.2, 0.25) is 10.4 Å². The van der Waals surface area contributed by atoms with Gasteiger partial charge in [-0.2, -0.15) is 0 Å². The molecular weight excluding hydrogens is 245 g/mol. The van der Waals surface area contributed by atoms with Gasteiger partial charge in [-0.1, -0.05) is 17.7 Å². The van der Waals surface area contributed by atoms with Gasteiger partial charge in [0.15, 0.2) is 0 Å². The third-order valence-corrected chi connectivity index (χ3v) is 2.36. The molecule has 0 aliphatic carbocycles. The third-order valence-electron chi connectivity index (χ3n) is 1.90. The zero-order valence-electron chi connectivity index (χ0n) is 7.22. The number of nitrogens with zero attached hydrogens (tertiary/aromatic N) is 2. The van der Waals surface area contributed by atoms with Crippen molar-refractivity contribution in [2.45, 2.75) is 6.43 Å². The molecule has 0 fully saturated rings. The van der Waals surface area contributed by atoms with Crippen LogP contribution in [0.15, 0.2) is 18.2 Å². The van der Waals surface area contributed by atoms with Crippen molar-refractivity contribution in [2.75, 3.05) is 0 Å². The van der Waals surface area contributed by atoms with E-state index in [1.165, 1.54) is 18.2 Å². The van der Waals surface area contributed by atoms with E-state index in [-0.39, 0.29) is 16.0 Å². The molecule has 0 spiro atoms. The molecule has 1 heterocycles. The van der Waals surface area contributed by atoms with Gasteiger partial charge >= 0.3 is 0 Å². The smallest absolute Gasteiger partial charge is 0.218 e. The molecule has 0 saturated carbocycles. The summed E-state index contributed by atoms with van der Waals surface area (Å²) in [5, 5.41) is 0.448. The molecule has 0 atom stereocenters. The zero-order chi connectivity index (χ0) is 11.0. The van der Waals surface area contributed by atoms with E-state index in [0.29, 0.717) is 10.9 Å². The Morgan fingerprint density at radius 2 is 1.87 bits per heavy atom. The zero-order valence-corrected chi connectivity index (χ0v) is 8.73. The van der Waals surface area contributed by atoms with Crippen molar-refractivity contribution in [3.63, 3.8) is 0 Å². The second-order valence-electron chi connectivity index (χ2n) is 2.86.